The van der Waals surface area contributed by atoms with Gasteiger partial charge in [-0.3, -0.25) is 4.99 Å². The van der Waals surface area contributed by atoms with Crippen LogP contribution in [0.25, 0.3) is 0 Å². The Morgan fingerprint density at radius 3 is 2.83 bits per heavy atom. The Kier molecular flexibility index (Phi) is 6.54. The summed E-state index contributed by atoms with van der Waals surface area (Å²) in [6.07, 6.45) is 6.42. The van der Waals surface area contributed by atoms with Crippen LogP contribution < -0.4 is 5.32 Å². The van der Waals surface area contributed by atoms with Crippen molar-refractivity contribution < 1.29 is 14.2 Å². The van der Waals surface area contributed by atoms with Gasteiger partial charge in [-0.05, 0) is 38.0 Å². The molecule has 0 bridgehead atoms. The Morgan fingerprint density at radius 2 is 2.09 bits per heavy atom. The van der Waals surface area contributed by atoms with E-state index >= 15 is 0 Å². The average molecular weight is 325 g/mol. The van der Waals surface area contributed by atoms with Gasteiger partial charge in [0.05, 0.1) is 12.7 Å². The Balaban J connectivity index is 1.34. The van der Waals surface area contributed by atoms with Gasteiger partial charge < -0.3 is 24.4 Å². The lowest BCUT2D eigenvalue weighted by Crippen LogP contribution is -2.53. The summed E-state index contributed by atoms with van der Waals surface area (Å²) in [5.74, 6) is 1.82. The van der Waals surface area contributed by atoms with Gasteiger partial charge in [0, 0.05) is 46.5 Å². The van der Waals surface area contributed by atoms with E-state index in [1.807, 2.05) is 7.05 Å². The van der Waals surface area contributed by atoms with Gasteiger partial charge in [-0.15, -0.1) is 0 Å². The zero-order chi connectivity index (χ0) is 15.9. The van der Waals surface area contributed by atoms with Crippen molar-refractivity contribution in [2.75, 3.05) is 53.1 Å². The summed E-state index contributed by atoms with van der Waals surface area (Å²) in [4.78, 5) is 6.72. The second-order valence-corrected chi connectivity index (χ2v) is 6.75. The van der Waals surface area contributed by atoms with Gasteiger partial charge in [-0.2, -0.15) is 0 Å². The van der Waals surface area contributed by atoms with Crippen LogP contribution in [0.2, 0.25) is 0 Å². The highest BCUT2D eigenvalue weighted by Crippen LogP contribution is 2.28. The molecule has 2 atom stereocenters. The number of rotatable bonds is 7. The van der Waals surface area contributed by atoms with Crippen molar-refractivity contribution in [3.63, 3.8) is 0 Å². The molecule has 0 spiro atoms. The van der Waals surface area contributed by atoms with E-state index in [1.54, 1.807) is 0 Å². The molecule has 1 N–H and O–H groups in total. The monoisotopic (exact) mass is 325 g/mol. The number of aliphatic imine (C=N–C) groups is 1. The molecule has 0 amide bonds. The quantitative estimate of drug-likeness (QED) is 0.434. The Bertz CT molecular complexity index is 381. The molecule has 3 fully saturated rings. The lowest BCUT2D eigenvalue weighted by atomic mass is 10.1. The van der Waals surface area contributed by atoms with Crippen molar-refractivity contribution in [1.82, 2.24) is 10.2 Å². The third-order valence-electron chi connectivity index (χ3n) is 4.78. The SMILES string of the molecule is CN=C(NCCCOCC1CC1)N1CCOC(C2CCCO2)C1. The molecule has 2 saturated heterocycles. The highest BCUT2D eigenvalue weighted by Gasteiger charge is 2.32. The minimum Gasteiger partial charge on any atom is -0.381 e. The van der Waals surface area contributed by atoms with Crippen LogP contribution in [-0.4, -0.2) is 76.2 Å². The van der Waals surface area contributed by atoms with Crippen LogP contribution in [0.3, 0.4) is 0 Å². The second kappa shape index (κ2) is 8.85. The highest BCUT2D eigenvalue weighted by atomic mass is 16.5. The van der Waals surface area contributed by atoms with Gasteiger partial charge >= 0.3 is 0 Å². The summed E-state index contributed by atoms with van der Waals surface area (Å²) in [7, 11) is 1.85. The van der Waals surface area contributed by atoms with E-state index in [1.165, 1.54) is 12.8 Å². The lowest BCUT2D eigenvalue weighted by molar-refractivity contribution is -0.0817. The fourth-order valence-electron chi connectivity index (χ4n) is 3.23. The molecule has 6 nitrogen and oxygen atoms in total. The molecule has 1 aliphatic carbocycles. The van der Waals surface area contributed by atoms with Crippen LogP contribution in [0.1, 0.15) is 32.1 Å². The summed E-state index contributed by atoms with van der Waals surface area (Å²) in [5, 5.41) is 3.45. The first-order valence-electron chi connectivity index (χ1n) is 9.13. The smallest absolute Gasteiger partial charge is 0.193 e. The van der Waals surface area contributed by atoms with Crippen molar-refractivity contribution >= 4 is 5.96 Å². The summed E-state index contributed by atoms with van der Waals surface area (Å²) >= 11 is 0. The summed E-state index contributed by atoms with van der Waals surface area (Å²) < 4.78 is 17.4. The summed E-state index contributed by atoms with van der Waals surface area (Å²) in [6.45, 7) is 6.06. The Hall–Kier alpha value is -0.850. The number of hydrogen-bond acceptors (Lipinski definition) is 4. The molecule has 0 aromatic rings. The van der Waals surface area contributed by atoms with Gasteiger partial charge in [0.15, 0.2) is 5.96 Å². The van der Waals surface area contributed by atoms with E-state index in [2.05, 4.69) is 15.2 Å². The molecule has 23 heavy (non-hydrogen) atoms. The fourth-order valence-corrected chi connectivity index (χ4v) is 3.23. The first-order valence-corrected chi connectivity index (χ1v) is 9.13. The molecular formula is C17H31N3O3. The molecule has 3 rings (SSSR count). The lowest BCUT2D eigenvalue weighted by Gasteiger charge is -2.37. The van der Waals surface area contributed by atoms with Crippen LogP contribution in [0.5, 0.6) is 0 Å². The number of hydrogen-bond donors (Lipinski definition) is 1. The summed E-state index contributed by atoms with van der Waals surface area (Å²) in [6, 6.07) is 0. The zero-order valence-electron chi connectivity index (χ0n) is 14.3. The van der Waals surface area contributed by atoms with E-state index < -0.39 is 0 Å². The average Bonchev–Trinajstić information content (AvgIpc) is 3.24. The van der Waals surface area contributed by atoms with Crippen LogP contribution in [0, 0.1) is 5.92 Å². The maximum Gasteiger partial charge on any atom is 0.193 e. The normalized spacial score (nSPS) is 29.1. The minimum absolute atomic E-state index is 0.173. The molecule has 3 aliphatic rings. The summed E-state index contributed by atoms with van der Waals surface area (Å²) in [5.41, 5.74) is 0. The van der Waals surface area contributed by atoms with Crippen LogP contribution >= 0.6 is 0 Å². The zero-order valence-corrected chi connectivity index (χ0v) is 14.3. The molecule has 2 aliphatic heterocycles. The predicted octanol–water partition coefficient (Wildman–Crippen LogP) is 1.26. The molecule has 1 saturated carbocycles. The van der Waals surface area contributed by atoms with Crippen molar-refractivity contribution in [2.45, 2.75) is 44.3 Å². The fraction of sp³-hybridized carbons (Fsp3) is 0.941. The number of ether oxygens (including phenoxy) is 3. The first kappa shape index (κ1) is 17.0. The van der Waals surface area contributed by atoms with Gasteiger partial charge in [-0.25, -0.2) is 0 Å². The van der Waals surface area contributed by atoms with Gasteiger partial charge in [-0.1, -0.05) is 0 Å². The first-order chi connectivity index (χ1) is 11.4. The second-order valence-electron chi connectivity index (χ2n) is 6.75. The largest absolute Gasteiger partial charge is 0.381 e. The topological polar surface area (TPSA) is 55.3 Å². The molecular weight excluding hydrogens is 294 g/mol. The van der Waals surface area contributed by atoms with Crippen molar-refractivity contribution in [3.05, 3.63) is 0 Å². The Morgan fingerprint density at radius 1 is 1.22 bits per heavy atom. The van der Waals surface area contributed by atoms with Crippen molar-refractivity contribution in [3.8, 4) is 0 Å². The standard InChI is InChI=1S/C17H31N3O3/c1-18-17(19-7-3-9-21-13-14-5-6-14)20-8-11-23-16(12-20)15-4-2-10-22-15/h14-16H,2-13H2,1H3,(H,18,19). The van der Waals surface area contributed by atoms with Crippen LogP contribution in [-0.2, 0) is 14.2 Å². The van der Waals surface area contributed by atoms with E-state index in [0.717, 1.165) is 77.2 Å². The maximum atomic E-state index is 5.90. The number of nitrogens with zero attached hydrogens (tertiary/aromatic N) is 2. The third kappa shape index (κ3) is 5.33. The van der Waals surface area contributed by atoms with Crippen molar-refractivity contribution in [1.29, 1.82) is 0 Å². The van der Waals surface area contributed by atoms with E-state index in [0.29, 0.717) is 0 Å². The molecule has 2 heterocycles. The van der Waals surface area contributed by atoms with Gasteiger partial charge in [0.25, 0.3) is 0 Å². The third-order valence-corrected chi connectivity index (χ3v) is 4.78. The molecule has 0 aromatic heterocycles. The van der Waals surface area contributed by atoms with Crippen LogP contribution in [0.4, 0.5) is 0 Å². The van der Waals surface area contributed by atoms with Gasteiger partial charge in [0.2, 0.25) is 0 Å². The molecule has 0 aromatic carbocycles. The van der Waals surface area contributed by atoms with E-state index in [4.69, 9.17) is 14.2 Å². The number of nitrogens with one attached hydrogen (secondary N) is 1. The predicted molar refractivity (Wildman–Crippen MR) is 89.8 cm³/mol. The number of guanidine groups is 1. The Labute approximate surface area is 139 Å². The van der Waals surface area contributed by atoms with E-state index in [-0.39, 0.29) is 12.2 Å². The molecule has 0 radical (unpaired) electrons. The molecule has 2 unspecified atom stereocenters. The number of morpholine rings is 1. The highest BCUT2D eigenvalue weighted by molar-refractivity contribution is 5.80. The van der Waals surface area contributed by atoms with E-state index in [9.17, 15) is 0 Å². The molecule has 6 heteroatoms. The van der Waals surface area contributed by atoms with Crippen LogP contribution in [0.15, 0.2) is 4.99 Å². The maximum absolute atomic E-state index is 5.90. The minimum atomic E-state index is 0.173. The van der Waals surface area contributed by atoms with Crippen molar-refractivity contribution in [2.24, 2.45) is 10.9 Å². The molecule has 132 valence electrons. The van der Waals surface area contributed by atoms with Gasteiger partial charge in [0.1, 0.15) is 6.10 Å².